The molecule has 1 rings (SSSR count). The van der Waals surface area contributed by atoms with Crippen molar-refractivity contribution in [1.29, 1.82) is 0 Å². The molecule has 0 saturated heterocycles. The molecular formula is C11H11F3O3. The Hall–Kier alpha value is -1.56. The highest BCUT2D eigenvalue weighted by Crippen LogP contribution is 2.31. The maximum absolute atomic E-state index is 12.3. The van der Waals surface area contributed by atoms with Crippen LogP contribution in [0.25, 0.3) is 0 Å². The monoisotopic (exact) mass is 248 g/mol. The molecule has 2 N–H and O–H groups in total. The number of rotatable bonds is 3. The zero-order valence-corrected chi connectivity index (χ0v) is 8.95. The quantitative estimate of drug-likeness (QED) is 0.860. The summed E-state index contributed by atoms with van der Waals surface area (Å²) in [5.74, 6) is -1.29. The predicted octanol–water partition coefficient (Wildman–Crippen LogP) is 2.04. The van der Waals surface area contributed by atoms with Gasteiger partial charge in [-0.25, -0.2) is 0 Å². The summed E-state index contributed by atoms with van der Waals surface area (Å²) in [6.45, 7) is 0.561. The summed E-state index contributed by atoms with van der Waals surface area (Å²) in [6.07, 6.45) is -4.46. The molecule has 0 fully saturated rings. The van der Waals surface area contributed by atoms with E-state index in [9.17, 15) is 18.0 Å². The summed E-state index contributed by atoms with van der Waals surface area (Å²) in [5, 5.41) is 18.0. The largest absolute Gasteiger partial charge is 0.481 e. The number of alkyl halides is 3. The summed E-state index contributed by atoms with van der Waals surface area (Å²) in [5.41, 5.74) is -2.32. The molecule has 0 aliphatic rings. The first-order chi connectivity index (χ1) is 7.71. The summed E-state index contributed by atoms with van der Waals surface area (Å²) in [7, 11) is 0. The highest BCUT2D eigenvalue weighted by Gasteiger charge is 2.36. The van der Waals surface area contributed by atoms with Crippen LogP contribution in [0, 0.1) is 0 Å². The number of hydrogen-bond acceptors (Lipinski definition) is 2. The van der Waals surface area contributed by atoms with Gasteiger partial charge in [-0.1, -0.05) is 12.1 Å². The first-order valence-electron chi connectivity index (χ1n) is 4.74. The van der Waals surface area contributed by atoms with Gasteiger partial charge in [0, 0.05) is 0 Å². The number of aliphatic hydroxyl groups excluding tert-OH is 1. The number of hydrogen-bond donors (Lipinski definition) is 2. The van der Waals surface area contributed by atoms with E-state index < -0.39 is 29.7 Å². The first kappa shape index (κ1) is 13.5. The molecule has 0 radical (unpaired) electrons. The molecule has 0 bridgehead atoms. The molecule has 0 saturated carbocycles. The SMILES string of the molecule is CC(CO)(C(=O)O)c1ccc(C(F)(F)F)cc1. The maximum atomic E-state index is 12.3. The van der Waals surface area contributed by atoms with Crippen molar-refractivity contribution >= 4 is 5.97 Å². The van der Waals surface area contributed by atoms with E-state index in [1.165, 1.54) is 6.92 Å². The van der Waals surface area contributed by atoms with E-state index in [2.05, 4.69) is 0 Å². The number of aliphatic hydroxyl groups is 1. The number of carboxylic acids is 1. The predicted molar refractivity (Wildman–Crippen MR) is 53.5 cm³/mol. The normalized spacial score (nSPS) is 15.4. The third kappa shape index (κ3) is 2.58. The lowest BCUT2D eigenvalue weighted by molar-refractivity contribution is -0.144. The lowest BCUT2D eigenvalue weighted by Crippen LogP contribution is -2.36. The van der Waals surface area contributed by atoms with Crippen LogP contribution in [0.5, 0.6) is 0 Å². The van der Waals surface area contributed by atoms with Crippen molar-refractivity contribution in [3.05, 3.63) is 35.4 Å². The zero-order valence-electron chi connectivity index (χ0n) is 8.95. The van der Waals surface area contributed by atoms with Crippen LogP contribution in [0.2, 0.25) is 0 Å². The second-order valence-electron chi connectivity index (χ2n) is 3.87. The highest BCUT2D eigenvalue weighted by atomic mass is 19.4. The zero-order chi connectivity index (χ0) is 13.3. The fourth-order valence-corrected chi connectivity index (χ4v) is 1.31. The molecule has 17 heavy (non-hydrogen) atoms. The average Bonchev–Trinajstić information content (AvgIpc) is 2.26. The van der Waals surface area contributed by atoms with Gasteiger partial charge in [-0.2, -0.15) is 13.2 Å². The molecular weight excluding hydrogens is 237 g/mol. The Morgan fingerprint density at radius 1 is 1.18 bits per heavy atom. The van der Waals surface area contributed by atoms with Gasteiger partial charge in [0.2, 0.25) is 0 Å². The molecule has 0 aromatic heterocycles. The second-order valence-corrected chi connectivity index (χ2v) is 3.87. The van der Waals surface area contributed by atoms with Gasteiger partial charge < -0.3 is 10.2 Å². The van der Waals surface area contributed by atoms with Gasteiger partial charge in [-0.15, -0.1) is 0 Å². The Kier molecular flexibility index (Phi) is 3.47. The van der Waals surface area contributed by atoms with Gasteiger partial charge in [0.1, 0.15) is 5.41 Å². The minimum absolute atomic E-state index is 0.125. The van der Waals surface area contributed by atoms with E-state index in [-0.39, 0.29) is 5.56 Å². The van der Waals surface area contributed by atoms with E-state index in [1.54, 1.807) is 0 Å². The molecule has 0 amide bonds. The maximum Gasteiger partial charge on any atom is 0.416 e. The molecule has 0 aliphatic heterocycles. The Morgan fingerprint density at radius 2 is 1.59 bits per heavy atom. The van der Waals surface area contributed by atoms with E-state index >= 15 is 0 Å². The van der Waals surface area contributed by atoms with Crippen LogP contribution < -0.4 is 0 Å². The molecule has 1 aromatic carbocycles. The Labute approximate surface area is 95.5 Å². The Balaban J connectivity index is 3.14. The lowest BCUT2D eigenvalue weighted by Gasteiger charge is -2.22. The number of benzene rings is 1. The van der Waals surface area contributed by atoms with E-state index in [4.69, 9.17) is 10.2 Å². The number of carboxylic acid groups (broad SMARTS) is 1. The van der Waals surface area contributed by atoms with Gasteiger partial charge >= 0.3 is 12.1 Å². The van der Waals surface area contributed by atoms with Crippen molar-refractivity contribution in [2.45, 2.75) is 18.5 Å². The van der Waals surface area contributed by atoms with Gasteiger partial charge in [-0.05, 0) is 24.6 Å². The molecule has 6 heteroatoms. The summed E-state index contributed by atoms with van der Waals surface area (Å²) in [4.78, 5) is 11.0. The van der Waals surface area contributed by atoms with Gasteiger partial charge in [-0.3, -0.25) is 4.79 Å². The van der Waals surface area contributed by atoms with Crippen LogP contribution in [0.1, 0.15) is 18.1 Å². The molecule has 3 nitrogen and oxygen atoms in total. The molecule has 0 aliphatic carbocycles. The molecule has 1 atom stereocenters. The Morgan fingerprint density at radius 3 is 1.88 bits per heavy atom. The fraction of sp³-hybridized carbons (Fsp3) is 0.364. The molecule has 1 unspecified atom stereocenters. The van der Waals surface area contributed by atoms with E-state index in [0.29, 0.717) is 0 Å². The van der Waals surface area contributed by atoms with E-state index in [1.807, 2.05) is 0 Å². The molecule has 1 aromatic rings. The summed E-state index contributed by atoms with van der Waals surface area (Å²) < 4.78 is 36.9. The number of carbonyl (C=O) groups is 1. The Bertz CT molecular complexity index is 411. The van der Waals surface area contributed by atoms with Crippen LogP contribution in [0.15, 0.2) is 24.3 Å². The van der Waals surface area contributed by atoms with Crippen molar-refractivity contribution in [3.63, 3.8) is 0 Å². The van der Waals surface area contributed by atoms with Crippen molar-refractivity contribution in [2.75, 3.05) is 6.61 Å². The van der Waals surface area contributed by atoms with Crippen molar-refractivity contribution in [3.8, 4) is 0 Å². The van der Waals surface area contributed by atoms with Crippen molar-refractivity contribution < 1.29 is 28.2 Å². The van der Waals surface area contributed by atoms with Crippen LogP contribution >= 0.6 is 0 Å². The number of aliphatic carboxylic acids is 1. The molecule has 0 heterocycles. The van der Waals surface area contributed by atoms with Crippen molar-refractivity contribution in [2.24, 2.45) is 0 Å². The first-order valence-corrected chi connectivity index (χ1v) is 4.74. The summed E-state index contributed by atoms with van der Waals surface area (Å²) in [6, 6.07) is 3.72. The topological polar surface area (TPSA) is 57.5 Å². The van der Waals surface area contributed by atoms with Gasteiger partial charge in [0.05, 0.1) is 12.2 Å². The third-order valence-corrected chi connectivity index (χ3v) is 2.64. The van der Waals surface area contributed by atoms with Crippen LogP contribution in [0.3, 0.4) is 0 Å². The minimum atomic E-state index is -4.46. The highest BCUT2D eigenvalue weighted by molar-refractivity contribution is 5.81. The lowest BCUT2D eigenvalue weighted by atomic mass is 9.83. The molecule has 94 valence electrons. The average molecular weight is 248 g/mol. The van der Waals surface area contributed by atoms with E-state index in [0.717, 1.165) is 24.3 Å². The van der Waals surface area contributed by atoms with Gasteiger partial charge in [0.25, 0.3) is 0 Å². The van der Waals surface area contributed by atoms with Crippen LogP contribution in [-0.4, -0.2) is 22.8 Å². The third-order valence-electron chi connectivity index (χ3n) is 2.64. The number of halogens is 3. The van der Waals surface area contributed by atoms with Crippen LogP contribution in [-0.2, 0) is 16.4 Å². The standard InChI is InChI=1S/C11H11F3O3/c1-10(6-15,9(16)17)7-2-4-8(5-3-7)11(12,13)14/h2-5,15H,6H2,1H3,(H,16,17). The minimum Gasteiger partial charge on any atom is -0.481 e. The van der Waals surface area contributed by atoms with Gasteiger partial charge in [0.15, 0.2) is 0 Å². The van der Waals surface area contributed by atoms with Crippen LogP contribution in [0.4, 0.5) is 13.2 Å². The summed E-state index contributed by atoms with van der Waals surface area (Å²) >= 11 is 0. The van der Waals surface area contributed by atoms with Crippen molar-refractivity contribution in [1.82, 2.24) is 0 Å². The second kappa shape index (κ2) is 4.37. The fourth-order valence-electron chi connectivity index (χ4n) is 1.31. The smallest absolute Gasteiger partial charge is 0.416 e. The molecule has 0 spiro atoms.